The molecule has 1 heterocycles. The first-order valence-corrected chi connectivity index (χ1v) is 15.0. The molecule has 2 fully saturated rings. The van der Waals surface area contributed by atoms with Gasteiger partial charge in [0.1, 0.15) is 5.75 Å². The first kappa shape index (κ1) is 27.7. The number of amides is 1. The minimum absolute atomic E-state index is 0.0288. The predicted molar refractivity (Wildman–Crippen MR) is 157 cm³/mol. The highest BCUT2D eigenvalue weighted by molar-refractivity contribution is 7.16. The van der Waals surface area contributed by atoms with E-state index >= 15 is 0 Å². The molecule has 5 rings (SSSR count). The number of nitrogens with zero attached hydrogens (tertiary/aromatic N) is 2. The van der Waals surface area contributed by atoms with Crippen LogP contribution in [0.4, 0.5) is 5.69 Å². The lowest BCUT2D eigenvalue weighted by Gasteiger charge is -2.36. The number of carbonyl (C=O) groups excluding carboxylic acids is 1. The minimum Gasteiger partial charge on any atom is -0.497 e. The van der Waals surface area contributed by atoms with Crippen LogP contribution >= 0.6 is 11.3 Å². The zero-order valence-electron chi connectivity index (χ0n) is 23.3. The summed E-state index contributed by atoms with van der Waals surface area (Å²) in [4.78, 5) is 21.4. The average Bonchev–Trinajstić information content (AvgIpc) is 3.46. The number of aliphatic hydroxyl groups excluding tert-OH is 1. The molecule has 0 saturated heterocycles. The van der Waals surface area contributed by atoms with Crippen molar-refractivity contribution >= 4 is 22.9 Å². The Bertz CT molecular complexity index is 1260. The summed E-state index contributed by atoms with van der Waals surface area (Å²) < 4.78 is 10.7. The maximum absolute atomic E-state index is 14.0. The van der Waals surface area contributed by atoms with Gasteiger partial charge in [-0.25, -0.2) is 4.98 Å². The Balaban J connectivity index is 1.33. The van der Waals surface area contributed by atoms with E-state index in [0.717, 1.165) is 66.9 Å². The highest BCUT2D eigenvalue weighted by Gasteiger charge is 2.32. The summed E-state index contributed by atoms with van der Waals surface area (Å²) in [6.45, 7) is 2.92. The molecule has 0 unspecified atom stereocenters. The smallest absolute Gasteiger partial charge is 0.273 e. The van der Waals surface area contributed by atoms with E-state index in [1.165, 1.54) is 22.5 Å². The molecule has 39 heavy (non-hydrogen) atoms. The Morgan fingerprint density at radius 2 is 1.77 bits per heavy atom. The molecular weight excluding hydrogens is 508 g/mol. The maximum Gasteiger partial charge on any atom is 0.273 e. The van der Waals surface area contributed by atoms with Crippen LogP contribution in [0.1, 0.15) is 68.4 Å². The van der Waals surface area contributed by atoms with E-state index < -0.39 is 0 Å². The van der Waals surface area contributed by atoms with Gasteiger partial charge in [-0.3, -0.25) is 4.79 Å². The summed E-state index contributed by atoms with van der Waals surface area (Å²) in [5, 5.41) is 10.7. The molecule has 1 aromatic heterocycles. The van der Waals surface area contributed by atoms with Crippen molar-refractivity contribution in [2.45, 2.75) is 70.3 Å². The van der Waals surface area contributed by atoms with Gasteiger partial charge in [-0.2, -0.15) is 0 Å². The number of benzene rings is 2. The number of anilines is 1. The van der Waals surface area contributed by atoms with Crippen molar-refractivity contribution in [1.82, 2.24) is 4.98 Å². The van der Waals surface area contributed by atoms with Crippen molar-refractivity contribution in [1.29, 1.82) is 0 Å². The maximum atomic E-state index is 14.0. The van der Waals surface area contributed by atoms with Crippen molar-refractivity contribution in [2.24, 2.45) is 11.8 Å². The first-order valence-electron chi connectivity index (χ1n) is 14.2. The molecule has 2 aromatic carbocycles. The molecule has 0 atom stereocenters. The molecule has 2 saturated carbocycles. The second-order valence-electron chi connectivity index (χ2n) is 11.1. The molecule has 0 aliphatic heterocycles. The Kier molecular flexibility index (Phi) is 8.88. The van der Waals surface area contributed by atoms with E-state index in [4.69, 9.17) is 9.47 Å². The molecule has 1 amide bonds. The molecular formula is C32H40N2O4S. The number of aliphatic hydroxyl groups is 1. The van der Waals surface area contributed by atoms with E-state index in [2.05, 4.69) is 48.3 Å². The van der Waals surface area contributed by atoms with E-state index in [0.29, 0.717) is 29.9 Å². The van der Waals surface area contributed by atoms with Gasteiger partial charge in [-0.1, -0.05) is 29.5 Å². The van der Waals surface area contributed by atoms with Gasteiger partial charge in [0, 0.05) is 24.3 Å². The Labute approximate surface area is 236 Å². The molecule has 1 N–H and O–H groups in total. The van der Waals surface area contributed by atoms with Gasteiger partial charge in [-0.05, 0) is 111 Å². The second-order valence-corrected chi connectivity index (χ2v) is 12.1. The van der Waals surface area contributed by atoms with Gasteiger partial charge in [0.2, 0.25) is 5.91 Å². The molecule has 0 spiro atoms. The molecule has 7 heteroatoms. The molecule has 2 aliphatic rings. The number of hydrogen-bond acceptors (Lipinski definition) is 6. The summed E-state index contributed by atoms with van der Waals surface area (Å²) in [5.74, 6) is 2.10. The van der Waals surface area contributed by atoms with Gasteiger partial charge >= 0.3 is 0 Å². The Morgan fingerprint density at radius 3 is 2.44 bits per heavy atom. The highest BCUT2D eigenvalue weighted by atomic mass is 32.1. The van der Waals surface area contributed by atoms with Crippen LogP contribution < -0.4 is 14.4 Å². The molecule has 6 nitrogen and oxygen atoms in total. The number of aryl methyl sites for hydroxylation is 1. The average molecular weight is 549 g/mol. The number of aromatic nitrogens is 1. The third kappa shape index (κ3) is 6.47. The van der Waals surface area contributed by atoms with Crippen molar-refractivity contribution in [3.05, 3.63) is 59.8 Å². The molecule has 2 aliphatic carbocycles. The Morgan fingerprint density at radius 1 is 1.00 bits per heavy atom. The van der Waals surface area contributed by atoms with Crippen LogP contribution in [-0.2, 0) is 4.79 Å². The lowest BCUT2D eigenvalue weighted by Crippen LogP contribution is -2.41. The van der Waals surface area contributed by atoms with E-state index in [1.54, 1.807) is 14.2 Å². The van der Waals surface area contributed by atoms with Crippen LogP contribution in [0.15, 0.2) is 48.7 Å². The third-order valence-corrected chi connectivity index (χ3v) is 9.63. The number of thiazole rings is 1. The van der Waals surface area contributed by atoms with Crippen LogP contribution in [0.25, 0.3) is 10.4 Å². The van der Waals surface area contributed by atoms with Gasteiger partial charge in [-0.15, -0.1) is 0 Å². The largest absolute Gasteiger partial charge is 0.497 e. The third-order valence-electron chi connectivity index (χ3n) is 8.62. The van der Waals surface area contributed by atoms with Crippen molar-refractivity contribution in [3.63, 3.8) is 0 Å². The van der Waals surface area contributed by atoms with Crippen LogP contribution in [0.2, 0.25) is 0 Å². The number of methoxy groups -OCH3 is 2. The normalized spacial score (nSPS) is 23.3. The summed E-state index contributed by atoms with van der Waals surface area (Å²) in [5.41, 5.74) is 4.72. The van der Waals surface area contributed by atoms with Crippen LogP contribution in [-0.4, -0.2) is 42.9 Å². The van der Waals surface area contributed by atoms with Gasteiger partial charge in [0.25, 0.3) is 5.19 Å². The van der Waals surface area contributed by atoms with E-state index in [1.807, 2.05) is 17.2 Å². The van der Waals surface area contributed by atoms with Crippen LogP contribution in [0, 0.1) is 18.8 Å². The quantitative estimate of drug-likeness (QED) is 0.328. The number of hydrogen-bond donors (Lipinski definition) is 1. The number of carbonyl (C=O) groups is 1. The highest BCUT2D eigenvalue weighted by Crippen LogP contribution is 2.40. The molecule has 3 aromatic rings. The zero-order chi connectivity index (χ0) is 27.4. The summed E-state index contributed by atoms with van der Waals surface area (Å²) in [7, 11) is 3.34. The van der Waals surface area contributed by atoms with Gasteiger partial charge in [0.15, 0.2) is 0 Å². The number of rotatable bonds is 8. The fourth-order valence-corrected chi connectivity index (χ4v) is 7.05. The molecule has 0 radical (unpaired) electrons. The molecule has 0 bridgehead atoms. The summed E-state index contributed by atoms with van der Waals surface area (Å²) >= 11 is 1.51. The van der Waals surface area contributed by atoms with E-state index in [-0.39, 0.29) is 17.9 Å². The standard InChI is InChI=1S/C32H40N2O4S/c1-21-17-28(37-2)15-16-29(21)23-9-7-22(8-10-23)20-34(31(36)24-11-13-27(35)14-12-24)26-6-4-5-25(18-26)30-19-33-32(38-3)39-30/h4-6,15-19,22-24,27,35H,7-14,20H2,1-3H3. The number of ether oxygens (including phenoxy) is 2. The predicted octanol–water partition coefficient (Wildman–Crippen LogP) is 6.99. The SMILES string of the molecule is COc1ccc(C2CCC(CN(C(=O)C3CCC(O)CC3)c3cccc(-c4cnc(OC)s4)c3)CC2)c(C)c1. The van der Waals surface area contributed by atoms with Crippen LogP contribution in [0.3, 0.4) is 0 Å². The summed E-state index contributed by atoms with van der Waals surface area (Å²) in [6.07, 6.45) is 8.96. The fraction of sp³-hybridized carbons (Fsp3) is 0.500. The Hall–Kier alpha value is -2.90. The fourth-order valence-electron chi connectivity index (χ4n) is 6.33. The first-order chi connectivity index (χ1) is 18.9. The lowest BCUT2D eigenvalue weighted by atomic mass is 9.77. The van der Waals surface area contributed by atoms with Crippen molar-refractivity contribution < 1.29 is 19.4 Å². The van der Waals surface area contributed by atoms with E-state index in [9.17, 15) is 9.90 Å². The van der Waals surface area contributed by atoms with Gasteiger partial charge in [0.05, 0.1) is 25.2 Å². The monoisotopic (exact) mass is 548 g/mol. The summed E-state index contributed by atoms with van der Waals surface area (Å²) in [6, 6.07) is 14.7. The minimum atomic E-state index is -0.274. The molecule has 208 valence electrons. The van der Waals surface area contributed by atoms with Crippen molar-refractivity contribution in [2.75, 3.05) is 25.7 Å². The second kappa shape index (κ2) is 12.5. The van der Waals surface area contributed by atoms with Crippen LogP contribution in [0.5, 0.6) is 10.9 Å². The zero-order valence-corrected chi connectivity index (χ0v) is 24.1. The lowest BCUT2D eigenvalue weighted by molar-refractivity contribution is -0.124. The van der Waals surface area contributed by atoms with Crippen molar-refractivity contribution in [3.8, 4) is 21.4 Å². The van der Waals surface area contributed by atoms with Gasteiger partial charge < -0.3 is 19.5 Å². The topological polar surface area (TPSA) is 71.9 Å².